The van der Waals surface area contributed by atoms with Crippen LogP contribution >= 0.6 is 22.6 Å². The molecule has 0 heterocycles. The Balaban J connectivity index is 4.42. The van der Waals surface area contributed by atoms with Gasteiger partial charge in [0.1, 0.15) is 0 Å². The molecule has 0 aliphatic heterocycles. The van der Waals surface area contributed by atoms with Gasteiger partial charge in [-0.3, -0.25) is 0 Å². The van der Waals surface area contributed by atoms with E-state index >= 15 is 0 Å². The van der Waals surface area contributed by atoms with Crippen LogP contribution in [0.4, 0.5) is 8.78 Å². The zero-order valence-corrected chi connectivity index (χ0v) is 12.1. The lowest BCUT2D eigenvalue weighted by Crippen LogP contribution is -2.41. The van der Waals surface area contributed by atoms with Gasteiger partial charge in [0.25, 0.3) is 0 Å². The normalized spacial score (nSPS) is 15.6. The summed E-state index contributed by atoms with van der Waals surface area (Å²) in [4.78, 5) is 11.1. The van der Waals surface area contributed by atoms with Crippen molar-refractivity contribution < 1.29 is 18.3 Å². The molecule has 2 atom stereocenters. The molecule has 0 spiro atoms. The van der Waals surface area contributed by atoms with Gasteiger partial charge in [-0.05, 0) is 13.3 Å². The molecule has 0 N–H and O–H groups in total. The molecule has 0 saturated heterocycles. The number of esters is 1. The van der Waals surface area contributed by atoms with E-state index in [-0.39, 0.29) is 10.5 Å². The summed E-state index contributed by atoms with van der Waals surface area (Å²) in [5, 5.41) is 0. The van der Waals surface area contributed by atoms with E-state index < -0.39 is 17.8 Å². The predicted octanol–water partition coefficient (Wildman–Crippen LogP) is 3.81. The van der Waals surface area contributed by atoms with Crippen LogP contribution in [0.1, 0.15) is 40.0 Å². The Kier molecular flexibility index (Phi) is 7.43. The Labute approximate surface area is 109 Å². The first kappa shape index (κ1) is 16.1. The molecule has 0 aromatic carbocycles. The highest BCUT2D eigenvalue weighted by Gasteiger charge is 2.48. The summed E-state index contributed by atoms with van der Waals surface area (Å²) in [6.45, 7) is 4.93. The average molecular weight is 348 g/mol. The van der Waals surface area contributed by atoms with Crippen molar-refractivity contribution in [2.75, 3.05) is 6.61 Å². The number of carbonyl (C=O) groups is 1. The van der Waals surface area contributed by atoms with Crippen molar-refractivity contribution in [3.63, 3.8) is 0 Å². The van der Waals surface area contributed by atoms with Crippen molar-refractivity contribution >= 4 is 28.6 Å². The Bertz CT molecular complexity index is 222. The molecular weight excluding hydrogens is 329 g/mol. The van der Waals surface area contributed by atoms with Gasteiger partial charge in [-0.2, -0.15) is 8.78 Å². The summed E-state index contributed by atoms with van der Waals surface area (Å²) in [5.41, 5.74) is 0. The quantitative estimate of drug-likeness (QED) is 0.397. The van der Waals surface area contributed by atoms with E-state index in [9.17, 15) is 13.6 Å². The fourth-order valence-electron chi connectivity index (χ4n) is 1.29. The van der Waals surface area contributed by atoms with Crippen molar-refractivity contribution in [3.8, 4) is 0 Å². The van der Waals surface area contributed by atoms with Gasteiger partial charge in [0.2, 0.25) is 0 Å². The van der Waals surface area contributed by atoms with Gasteiger partial charge < -0.3 is 4.74 Å². The first-order valence-electron chi connectivity index (χ1n) is 5.56. The highest BCUT2D eigenvalue weighted by Crippen LogP contribution is 2.34. The Morgan fingerprint density at radius 3 is 2.44 bits per heavy atom. The number of ether oxygens (including phenoxy) is 1. The third kappa shape index (κ3) is 4.51. The number of carbonyl (C=O) groups excluding carboxylic acids is 1. The molecule has 2 unspecified atom stereocenters. The lowest BCUT2D eigenvalue weighted by atomic mass is 9.96. The molecular formula is C11H19F2IO2. The van der Waals surface area contributed by atoms with Gasteiger partial charge in [0.05, 0.1) is 6.61 Å². The molecule has 2 nitrogen and oxygen atoms in total. The molecule has 0 saturated carbocycles. The molecule has 0 aliphatic carbocycles. The summed E-state index contributed by atoms with van der Waals surface area (Å²) in [7, 11) is 0. The van der Waals surface area contributed by atoms with E-state index in [1.54, 1.807) is 0 Å². The van der Waals surface area contributed by atoms with Crippen molar-refractivity contribution in [1.82, 2.24) is 0 Å². The number of unbranched alkanes of at least 4 members (excludes halogenated alkanes) is 1. The number of alkyl halides is 3. The van der Waals surface area contributed by atoms with Crippen LogP contribution in [0.3, 0.4) is 0 Å². The lowest BCUT2D eigenvalue weighted by Gasteiger charge is -2.25. The second kappa shape index (κ2) is 7.40. The van der Waals surface area contributed by atoms with E-state index in [1.807, 2.05) is 29.5 Å². The minimum Gasteiger partial charge on any atom is -0.462 e. The maximum atomic E-state index is 13.6. The zero-order valence-electron chi connectivity index (χ0n) is 9.93. The molecule has 0 aliphatic rings. The van der Waals surface area contributed by atoms with Crippen LogP contribution in [0.25, 0.3) is 0 Å². The predicted molar refractivity (Wildman–Crippen MR) is 68.1 cm³/mol. The van der Waals surface area contributed by atoms with Gasteiger partial charge in [0.15, 0.2) is 0 Å². The van der Waals surface area contributed by atoms with E-state index in [0.717, 1.165) is 12.8 Å². The van der Waals surface area contributed by atoms with E-state index in [1.165, 1.54) is 13.8 Å². The summed E-state index contributed by atoms with van der Waals surface area (Å²) >= 11 is 1.99. The second-order valence-electron chi connectivity index (χ2n) is 3.79. The minimum absolute atomic E-state index is 0.0119. The van der Waals surface area contributed by atoms with Crippen LogP contribution in [0.15, 0.2) is 0 Å². The van der Waals surface area contributed by atoms with Crippen LogP contribution in [0.5, 0.6) is 0 Å². The fraction of sp³-hybridized carbons (Fsp3) is 0.909. The standard InChI is InChI=1S/C11H19F2IO2/c1-4-6-7-9(14)8(3)11(12,13)10(15)16-5-2/h8-9H,4-7H2,1-3H3. The summed E-state index contributed by atoms with van der Waals surface area (Å²) < 4.78 is 31.4. The van der Waals surface area contributed by atoms with Gasteiger partial charge in [-0.1, -0.05) is 49.3 Å². The Morgan fingerprint density at radius 2 is 2.00 bits per heavy atom. The third-order valence-electron chi connectivity index (χ3n) is 2.50. The smallest absolute Gasteiger partial charge is 0.377 e. The zero-order chi connectivity index (χ0) is 12.8. The Hall–Kier alpha value is 0.0600. The second-order valence-corrected chi connectivity index (χ2v) is 5.39. The monoisotopic (exact) mass is 348 g/mol. The molecule has 0 amide bonds. The van der Waals surface area contributed by atoms with Crippen molar-refractivity contribution in [3.05, 3.63) is 0 Å². The van der Waals surface area contributed by atoms with Crippen molar-refractivity contribution in [1.29, 1.82) is 0 Å². The maximum absolute atomic E-state index is 13.6. The van der Waals surface area contributed by atoms with E-state index in [4.69, 9.17) is 0 Å². The number of halogens is 3. The topological polar surface area (TPSA) is 26.3 Å². The lowest BCUT2D eigenvalue weighted by molar-refractivity contribution is -0.178. The molecule has 0 rings (SSSR count). The first-order valence-corrected chi connectivity index (χ1v) is 6.81. The summed E-state index contributed by atoms with van der Waals surface area (Å²) in [6.07, 6.45) is 2.57. The van der Waals surface area contributed by atoms with Gasteiger partial charge in [-0.15, -0.1) is 0 Å². The number of hydrogen-bond donors (Lipinski definition) is 0. The van der Waals surface area contributed by atoms with Crippen molar-refractivity contribution in [2.45, 2.75) is 49.9 Å². The van der Waals surface area contributed by atoms with E-state index in [0.29, 0.717) is 6.42 Å². The molecule has 0 aromatic heterocycles. The Morgan fingerprint density at radius 1 is 1.44 bits per heavy atom. The average Bonchev–Trinajstić information content (AvgIpc) is 2.24. The SMILES string of the molecule is CCCCC(I)C(C)C(F)(F)C(=O)OCC. The highest BCUT2D eigenvalue weighted by atomic mass is 127. The van der Waals surface area contributed by atoms with Gasteiger partial charge in [-0.25, -0.2) is 4.79 Å². The number of hydrogen-bond acceptors (Lipinski definition) is 2. The van der Waals surface area contributed by atoms with Crippen LogP contribution < -0.4 is 0 Å². The molecule has 96 valence electrons. The molecule has 0 radical (unpaired) electrons. The largest absolute Gasteiger partial charge is 0.462 e. The van der Waals surface area contributed by atoms with E-state index in [2.05, 4.69) is 4.74 Å². The van der Waals surface area contributed by atoms with Crippen LogP contribution in [-0.4, -0.2) is 22.4 Å². The minimum atomic E-state index is -3.38. The third-order valence-corrected chi connectivity index (χ3v) is 4.20. The highest BCUT2D eigenvalue weighted by molar-refractivity contribution is 14.1. The molecule has 16 heavy (non-hydrogen) atoms. The summed E-state index contributed by atoms with van der Waals surface area (Å²) in [6, 6.07) is 0. The fourth-order valence-corrected chi connectivity index (χ4v) is 2.18. The molecule has 0 fully saturated rings. The maximum Gasteiger partial charge on any atom is 0.377 e. The first-order chi connectivity index (χ1) is 7.37. The van der Waals surface area contributed by atoms with Crippen molar-refractivity contribution in [2.24, 2.45) is 5.92 Å². The molecule has 5 heteroatoms. The van der Waals surface area contributed by atoms with Crippen LogP contribution in [0, 0.1) is 5.92 Å². The van der Waals surface area contributed by atoms with Crippen LogP contribution in [-0.2, 0) is 9.53 Å². The molecule has 0 bridgehead atoms. The molecule has 0 aromatic rings. The number of rotatable bonds is 7. The van der Waals surface area contributed by atoms with Crippen LogP contribution in [0.2, 0.25) is 0 Å². The van der Waals surface area contributed by atoms with Gasteiger partial charge in [0, 0.05) is 9.84 Å². The van der Waals surface area contributed by atoms with Gasteiger partial charge >= 0.3 is 11.9 Å². The summed E-state index contributed by atoms with van der Waals surface area (Å²) in [5.74, 6) is -5.77.